The lowest BCUT2D eigenvalue weighted by Crippen LogP contribution is -2.07. The van der Waals surface area contributed by atoms with Gasteiger partial charge in [0, 0.05) is 27.1 Å². The van der Waals surface area contributed by atoms with E-state index in [1.54, 1.807) is 6.07 Å². The Kier molecular flexibility index (Phi) is 8.10. The lowest BCUT2D eigenvalue weighted by molar-refractivity contribution is -0.137. The summed E-state index contributed by atoms with van der Waals surface area (Å²) in [5.74, 6) is 0. The van der Waals surface area contributed by atoms with Crippen LogP contribution in [0.3, 0.4) is 0 Å². The molecule has 0 aliphatic rings. The van der Waals surface area contributed by atoms with Crippen LogP contribution in [0.1, 0.15) is 22.3 Å². The molecule has 0 fully saturated rings. The van der Waals surface area contributed by atoms with E-state index in [1.807, 2.05) is 48.5 Å². The van der Waals surface area contributed by atoms with Gasteiger partial charge in [-0.25, -0.2) is 0 Å². The molecule has 0 atom stereocenters. The zero-order valence-electron chi connectivity index (χ0n) is 31.6. The molecule has 10 rings (SSSR count). The predicted molar refractivity (Wildman–Crippen MR) is 231 cm³/mol. The summed E-state index contributed by atoms with van der Waals surface area (Å²) in [7, 11) is 0. The fourth-order valence-corrected chi connectivity index (χ4v) is 8.49. The van der Waals surface area contributed by atoms with Crippen LogP contribution in [0, 0.1) is 25.2 Å². The van der Waals surface area contributed by atoms with E-state index in [-0.39, 0.29) is 0 Å². The highest BCUT2D eigenvalue weighted by atomic mass is 19.4. The predicted octanol–water partition coefficient (Wildman–Crippen LogP) is 14.4. The number of rotatable bonds is 5. The van der Waals surface area contributed by atoms with Crippen molar-refractivity contribution in [2.45, 2.75) is 20.0 Å². The highest BCUT2D eigenvalue weighted by molar-refractivity contribution is 6.13. The lowest BCUT2D eigenvalue weighted by Gasteiger charge is -2.21. The van der Waals surface area contributed by atoms with Gasteiger partial charge in [0.25, 0.3) is 0 Å². The third kappa shape index (κ3) is 5.74. The van der Waals surface area contributed by atoms with E-state index >= 15 is 0 Å². The van der Waals surface area contributed by atoms with Gasteiger partial charge >= 0.3 is 6.18 Å². The molecule has 2 heterocycles. The summed E-state index contributed by atoms with van der Waals surface area (Å²) in [6.45, 7) is 4.13. The van der Waals surface area contributed by atoms with Crippen molar-refractivity contribution in [3.05, 3.63) is 192 Å². The number of aryl methyl sites for hydroxylation is 2. The van der Waals surface area contributed by atoms with Crippen molar-refractivity contribution in [1.29, 1.82) is 5.26 Å². The molecule has 0 amide bonds. The van der Waals surface area contributed by atoms with Gasteiger partial charge in [-0.1, -0.05) is 120 Å². The SMILES string of the molecule is Cc1ccc(-c2ccc3c(c2)c2ccccc2n3-c2cc(C#N)cc(-n3c4ccccc4c4cc(-c5ccc(C)cc5)ccc43)c2-c2cccc(C(F)(F)F)c2)cc1. The van der Waals surface area contributed by atoms with Crippen LogP contribution in [0.4, 0.5) is 13.2 Å². The molecule has 0 saturated carbocycles. The molecule has 278 valence electrons. The summed E-state index contributed by atoms with van der Waals surface area (Å²) in [5.41, 5.74) is 11.9. The second-order valence-corrected chi connectivity index (χ2v) is 15.0. The highest BCUT2D eigenvalue weighted by Gasteiger charge is 2.31. The van der Waals surface area contributed by atoms with E-state index in [1.165, 1.54) is 23.3 Å². The third-order valence-electron chi connectivity index (χ3n) is 11.3. The van der Waals surface area contributed by atoms with Gasteiger partial charge in [-0.15, -0.1) is 0 Å². The van der Waals surface area contributed by atoms with Crippen molar-refractivity contribution < 1.29 is 13.2 Å². The molecule has 0 aliphatic heterocycles. The van der Waals surface area contributed by atoms with Gasteiger partial charge in [0.1, 0.15) is 0 Å². The average Bonchev–Trinajstić information content (AvgIpc) is 3.75. The Balaban J connectivity index is 1.32. The van der Waals surface area contributed by atoms with Gasteiger partial charge in [0.2, 0.25) is 0 Å². The summed E-state index contributed by atoms with van der Waals surface area (Å²) in [5, 5.41) is 14.7. The van der Waals surface area contributed by atoms with Crippen LogP contribution in [0.5, 0.6) is 0 Å². The van der Waals surface area contributed by atoms with E-state index in [0.29, 0.717) is 28.1 Å². The molecule has 0 bridgehead atoms. The molecule has 0 spiro atoms. The van der Waals surface area contributed by atoms with Crippen LogP contribution in [-0.2, 0) is 6.18 Å². The number of hydrogen-bond donors (Lipinski definition) is 0. The standard InChI is InChI=1S/C52H34F3N3/c1-32-14-18-35(19-15-32)37-22-24-47-43(29-37)41-10-3-5-12-45(41)57(47)49-26-34(31-56)27-50(51(49)39-8-7-9-40(28-39)52(53,54)55)58-46-13-6-4-11-42(46)44-30-38(23-25-48(44)58)36-20-16-33(2)17-21-36/h3-30H,1-2H3. The maximum Gasteiger partial charge on any atom is 0.416 e. The van der Waals surface area contributed by atoms with Gasteiger partial charge in [-0.3, -0.25) is 0 Å². The Morgan fingerprint density at radius 2 is 0.879 bits per heavy atom. The summed E-state index contributed by atoms with van der Waals surface area (Å²) < 4.78 is 47.8. The summed E-state index contributed by atoms with van der Waals surface area (Å²) >= 11 is 0. The van der Waals surface area contributed by atoms with Gasteiger partial charge in [0.05, 0.1) is 50.6 Å². The number of para-hydroxylation sites is 2. The van der Waals surface area contributed by atoms with E-state index in [4.69, 9.17) is 0 Å². The van der Waals surface area contributed by atoms with Crippen LogP contribution < -0.4 is 0 Å². The Morgan fingerprint density at radius 3 is 1.34 bits per heavy atom. The van der Waals surface area contributed by atoms with Crippen molar-refractivity contribution in [2.75, 3.05) is 0 Å². The van der Waals surface area contributed by atoms with Crippen LogP contribution in [0.25, 0.3) is 88.4 Å². The van der Waals surface area contributed by atoms with E-state index in [9.17, 15) is 18.4 Å². The maximum absolute atomic E-state index is 14.5. The van der Waals surface area contributed by atoms with Crippen molar-refractivity contribution >= 4 is 43.6 Å². The maximum atomic E-state index is 14.5. The van der Waals surface area contributed by atoms with Crippen molar-refractivity contribution in [1.82, 2.24) is 9.13 Å². The van der Waals surface area contributed by atoms with E-state index in [2.05, 4.69) is 126 Å². The third-order valence-corrected chi connectivity index (χ3v) is 11.3. The molecule has 8 aromatic carbocycles. The Labute approximate surface area is 333 Å². The first-order valence-electron chi connectivity index (χ1n) is 19.1. The molecule has 58 heavy (non-hydrogen) atoms. The fraction of sp³-hybridized carbons (Fsp3) is 0.0577. The van der Waals surface area contributed by atoms with Crippen LogP contribution >= 0.6 is 0 Å². The molecule has 0 saturated heterocycles. The fourth-order valence-electron chi connectivity index (χ4n) is 8.49. The number of hydrogen-bond acceptors (Lipinski definition) is 1. The molecule has 0 radical (unpaired) electrons. The van der Waals surface area contributed by atoms with E-state index < -0.39 is 11.7 Å². The van der Waals surface area contributed by atoms with Crippen molar-refractivity contribution in [3.8, 4) is 50.8 Å². The summed E-state index contributed by atoms with van der Waals surface area (Å²) in [6.07, 6.45) is -4.57. The molecular formula is C52H34F3N3. The normalized spacial score (nSPS) is 11.9. The van der Waals surface area contributed by atoms with Gasteiger partial charge in [-0.2, -0.15) is 18.4 Å². The summed E-state index contributed by atoms with van der Waals surface area (Å²) in [6, 6.07) is 57.2. The minimum absolute atomic E-state index is 0.380. The molecule has 6 heteroatoms. The molecule has 0 N–H and O–H groups in total. The first-order valence-corrected chi connectivity index (χ1v) is 19.1. The number of halogens is 3. The number of benzene rings is 8. The van der Waals surface area contributed by atoms with Gasteiger partial charge in [0.15, 0.2) is 0 Å². The van der Waals surface area contributed by atoms with Crippen LogP contribution in [-0.4, -0.2) is 9.13 Å². The number of alkyl halides is 3. The second-order valence-electron chi connectivity index (χ2n) is 15.0. The zero-order valence-corrected chi connectivity index (χ0v) is 31.6. The van der Waals surface area contributed by atoms with E-state index in [0.717, 1.165) is 71.9 Å². The minimum Gasteiger partial charge on any atom is -0.308 e. The molecule has 0 aliphatic carbocycles. The quantitative estimate of drug-likeness (QED) is 0.172. The number of nitrogens with zero attached hydrogens (tertiary/aromatic N) is 3. The Morgan fingerprint density at radius 1 is 0.431 bits per heavy atom. The minimum atomic E-state index is -4.57. The van der Waals surface area contributed by atoms with Gasteiger partial charge in [-0.05, 0) is 102 Å². The number of aromatic nitrogens is 2. The molecular weight excluding hydrogens is 724 g/mol. The molecule has 10 aromatic rings. The molecule has 3 nitrogen and oxygen atoms in total. The second kappa shape index (κ2) is 13.4. The number of nitriles is 1. The van der Waals surface area contributed by atoms with Crippen LogP contribution in [0.15, 0.2) is 170 Å². The number of fused-ring (bicyclic) bond motifs is 6. The Bertz CT molecular complexity index is 3100. The van der Waals surface area contributed by atoms with Crippen LogP contribution in [0.2, 0.25) is 0 Å². The van der Waals surface area contributed by atoms with Gasteiger partial charge < -0.3 is 9.13 Å². The first kappa shape index (κ1) is 35.1. The molecule has 0 unspecified atom stereocenters. The zero-order chi connectivity index (χ0) is 39.7. The smallest absolute Gasteiger partial charge is 0.308 e. The Hall–Kier alpha value is -7.36. The first-order chi connectivity index (χ1) is 28.2. The monoisotopic (exact) mass is 757 g/mol. The highest BCUT2D eigenvalue weighted by Crippen LogP contribution is 2.45. The van der Waals surface area contributed by atoms with Crippen molar-refractivity contribution in [3.63, 3.8) is 0 Å². The topological polar surface area (TPSA) is 33.6 Å². The lowest BCUT2D eigenvalue weighted by atomic mass is 9.96. The largest absolute Gasteiger partial charge is 0.416 e. The molecule has 2 aromatic heterocycles. The summed E-state index contributed by atoms with van der Waals surface area (Å²) in [4.78, 5) is 0. The average molecular weight is 758 g/mol. The van der Waals surface area contributed by atoms with Crippen molar-refractivity contribution in [2.24, 2.45) is 0 Å².